The number of carbonyl (C=O) groups is 1. The number of nitrogens with one attached hydrogen (secondary N) is 2. The van der Waals surface area contributed by atoms with Crippen LogP contribution in [0.4, 0.5) is 0 Å². The van der Waals surface area contributed by atoms with Crippen LogP contribution in [0.5, 0.6) is 0 Å². The molecule has 1 aliphatic rings. The molecule has 0 aliphatic carbocycles. The van der Waals surface area contributed by atoms with E-state index in [1.165, 1.54) is 0 Å². The lowest BCUT2D eigenvalue weighted by Crippen LogP contribution is -2.48. The van der Waals surface area contributed by atoms with Crippen LogP contribution in [0.15, 0.2) is 0 Å². The van der Waals surface area contributed by atoms with Crippen molar-refractivity contribution in [2.24, 2.45) is 5.41 Å². The monoisotopic (exact) mass is 246 g/mol. The first kappa shape index (κ1) is 13.6. The van der Waals surface area contributed by atoms with Crippen molar-refractivity contribution in [3.05, 3.63) is 0 Å². The molecule has 0 radical (unpaired) electrons. The lowest BCUT2D eigenvalue weighted by atomic mass is 9.76. The van der Waals surface area contributed by atoms with Crippen molar-refractivity contribution in [1.82, 2.24) is 10.6 Å². The predicted octanol–water partition coefficient (Wildman–Crippen LogP) is 0.261. The van der Waals surface area contributed by atoms with Gasteiger partial charge in [0.2, 0.25) is 5.91 Å². The van der Waals surface area contributed by atoms with Crippen LogP contribution in [0.2, 0.25) is 0 Å². The third-order valence-corrected chi connectivity index (χ3v) is 4.17. The average Bonchev–Trinajstić information content (AvgIpc) is 2.29. The predicted molar refractivity (Wildman–Crippen MR) is 66.8 cm³/mol. The van der Waals surface area contributed by atoms with E-state index in [1.54, 1.807) is 6.26 Å². The maximum Gasteiger partial charge on any atom is 0.226 e. The Morgan fingerprint density at radius 3 is 2.56 bits per heavy atom. The van der Waals surface area contributed by atoms with Gasteiger partial charge in [0.1, 0.15) is 0 Å². The largest absolute Gasteiger partial charge is 0.355 e. The Morgan fingerprint density at radius 1 is 1.44 bits per heavy atom. The van der Waals surface area contributed by atoms with Crippen molar-refractivity contribution in [2.75, 3.05) is 31.6 Å². The van der Waals surface area contributed by atoms with Crippen LogP contribution in [0, 0.1) is 5.41 Å². The zero-order chi connectivity index (χ0) is 12.0. The number of hydrogen-bond donors (Lipinski definition) is 2. The summed E-state index contributed by atoms with van der Waals surface area (Å²) in [7, 11) is -0.829. The normalized spacial score (nSPS) is 21.4. The quantitative estimate of drug-likeness (QED) is 0.731. The van der Waals surface area contributed by atoms with Crippen molar-refractivity contribution in [1.29, 1.82) is 0 Å². The van der Waals surface area contributed by atoms with E-state index < -0.39 is 10.8 Å². The first-order valence-corrected chi connectivity index (χ1v) is 7.62. The Bertz CT molecular complexity index is 263. The van der Waals surface area contributed by atoms with Gasteiger partial charge in [-0.2, -0.15) is 0 Å². The fraction of sp³-hybridized carbons (Fsp3) is 0.909. The maximum atomic E-state index is 12.1. The Hall–Kier alpha value is -0.420. The highest BCUT2D eigenvalue weighted by Crippen LogP contribution is 2.32. The van der Waals surface area contributed by atoms with Crippen molar-refractivity contribution < 1.29 is 9.00 Å². The van der Waals surface area contributed by atoms with Gasteiger partial charge in [-0.3, -0.25) is 9.00 Å². The van der Waals surface area contributed by atoms with Crippen LogP contribution in [-0.4, -0.2) is 41.8 Å². The molecule has 2 N–H and O–H groups in total. The molecular formula is C11H22N2O2S. The molecule has 5 heteroatoms. The molecule has 1 aliphatic heterocycles. The van der Waals surface area contributed by atoms with Gasteiger partial charge in [-0.25, -0.2) is 0 Å². The highest BCUT2D eigenvalue weighted by Gasteiger charge is 2.37. The highest BCUT2D eigenvalue weighted by molar-refractivity contribution is 7.84. The van der Waals surface area contributed by atoms with E-state index in [0.29, 0.717) is 12.3 Å². The van der Waals surface area contributed by atoms with E-state index in [0.717, 1.165) is 32.4 Å². The Kier molecular flexibility index (Phi) is 5.41. The summed E-state index contributed by atoms with van der Waals surface area (Å²) < 4.78 is 10.9. The second kappa shape index (κ2) is 6.35. The molecule has 0 saturated carbocycles. The first-order valence-electron chi connectivity index (χ1n) is 5.90. The van der Waals surface area contributed by atoms with Crippen molar-refractivity contribution in [3.63, 3.8) is 0 Å². The minimum Gasteiger partial charge on any atom is -0.355 e. The molecule has 1 amide bonds. The van der Waals surface area contributed by atoms with E-state index >= 15 is 0 Å². The molecule has 1 atom stereocenters. The van der Waals surface area contributed by atoms with Crippen LogP contribution in [0.1, 0.15) is 26.2 Å². The summed E-state index contributed by atoms with van der Waals surface area (Å²) in [6.07, 6.45) is 4.36. The van der Waals surface area contributed by atoms with Crippen LogP contribution >= 0.6 is 0 Å². The highest BCUT2D eigenvalue weighted by atomic mass is 32.2. The van der Waals surface area contributed by atoms with Gasteiger partial charge in [-0.05, 0) is 32.4 Å². The third kappa shape index (κ3) is 3.56. The minimum atomic E-state index is -0.829. The van der Waals surface area contributed by atoms with Gasteiger partial charge in [-0.1, -0.05) is 6.92 Å². The van der Waals surface area contributed by atoms with Gasteiger partial charge in [0.15, 0.2) is 0 Å². The minimum absolute atomic E-state index is 0.141. The Morgan fingerprint density at radius 2 is 2.06 bits per heavy atom. The number of hydrogen-bond acceptors (Lipinski definition) is 3. The molecule has 0 aromatic heterocycles. The van der Waals surface area contributed by atoms with Crippen molar-refractivity contribution >= 4 is 16.7 Å². The summed E-state index contributed by atoms with van der Waals surface area (Å²) in [5.74, 6) is 0.686. The Labute approximate surface area is 100 Å². The maximum absolute atomic E-state index is 12.1. The SMILES string of the molecule is CCC1(C(=O)NCCS(C)=O)CCNCC1. The molecule has 1 rings (SSSR count). The van der Waals surface area contributed by atoms with E-state index in [2.05, 4.69) is 17.6 Å². The molecule has 94 valence electrons. The smallest absolute Gasteiger partial charge is 0.226 e. The summed E-state index contributed by atoms with van der Waals surface area (Å²) in [5.41, 5.74) is -0.194. The standard InChI is InChI=1S/C11H22N2O2S/c1-3-11(4-6-12-7-5-11)10(14)13-8-9-16(2)15/h12H,3-9H2,1-2H3,(H,13,14). The number of amides is 1. The fourth-order valence-electron chi connectivity index (χ4n) is 2.14. The van der Waals surface area contributed by atoms with Gasteiger partial charge in [0, 0.05) is 29.4 Å². The molecule has 1 saturated heterocycles. The van der Waals surface area contributed by atoms with E-state index in [4.69, 9.17) is 0 Å². The van der Waals surface area contributed by atoms with Crippen molar-refractivity contribution in [3.8, 4) is 0 Å². The molecule has 1 fully saturated rings. The van der Waals surface area contributed by atoms with E-state index in [1.807, 2.05) is 0 Å². The fourth-order valence-corrected chi connectivity index (χ4v) is 2.53. The second-order valence-corrected chi connectivity index (χ2v) is 5.97. The molecule has 0 aromatic carbocycles. The van der Waals surface area contributed by atoms with E-state index in [9.17, 15) is 9.00 Å². The number of piperidine rings is 1. The summed E-state index contributed by atoms with van der Waals surface area (Å²) in [6.45, 7) is 4.43. The molecule has 0 bridgehead atoms. The molecule has 1 heterocycles. The summed E-state index contributed by atoms with van der Waals surface area (Å²) in [4.78, 5) is 12.1. The van der Waals surface area contributed by atoms with Crippen LogP contribution in [0.25, 0.3) is 0 Å². The van der Waals surface area contributed by atoms with Crippen LogP contribution in [-0.2, 0) is 15.6 Å². The molecule has 0 spiro atoms. The zero-order valence-electron chi connectivity index (χ0n) is 10.2. The molecule has 16 heavy (non-hydrogen) atoms. The first-order chi connectivity index (χ1) is 7.60. The molecular weight excluding hydrogens is 224 g/mol. The average molecular weight is 246 g/mol. The summed E-state index contributed by atoms with van der Waals surface area (Å²) in [5, 5.41) is 6.19. The van der Waals surface area contributed by atoms with Crippen molar-refractivity contribution in [2.45, 2.75) is 26.2 Å². The lowest BCUT2D eigenvalue weighted by molar-refractivity contribution is -0.132. The number of rotatable bonds is 5. The lowest BCUT2D eigenvalue weighted by Gasteiger charge is -2.35. The van der Waals surface area contributed by atoms with Crippen LogP contribution in [0.3, 0.4) is 0 Å². The molecule has 1 unspecified atom stereocenters. The van der Waals surface area contributed by atoms with Gasteiger partial charge < -0.3 is 10.6 Å². The van der Waals surface area contributed by atoms with Gasteiger partial charge >= 0.3 is 0 Å². The number of carbonyl (C=O) groups excluding carboxylic acids is 1. The van der Waals surface area contributed by atoms with Gasteiger partial charge in [-0.15, -0.1) is 0 Å². The van der Waals surface area contributed by atoms with Crippen LogP contribution < -0.4 is 10.6 Å². The van der Waals surface area contributed by atoms with Gasteiger partial charge in [0.25, 0.3) is 0 Å². The Balaban J connectivity index is 2.45. The molecule has 0 aromatic rings. The topological polar surface area (TPSA) is 58.2 Å². The third-order valence-electron chi connectivity index (χ3n) is 3.39. The van der Waals surface area contributed by atoms with Gasteiger partial charge in [0.05, 0.1) is 5.41 Å². The summed E-state index contributed by atoms with van der Waals surface area (Å²) in [6, 6.07) is 0. The zero-order valence-corrected chi connectivity index (χ0v) is 11.0. The summed E-state index contributed by atoms with van der Waals surface area (Å²) >= 11 is 0. The van der Waals surface area contributed by atoms with E-state index in [-0.39, 0.29) is 11.3 Å². The molecule has 4 nitrogen and oxygen atoms in total. The second-order valence-electron chi connectivity index (χ2n) is 4.42.